The lowest BCUT2D eigenvalue weighted by atomic mass is 10.0. The Hall–Kier alpha value is -2.38. The van der Waals surface area contributed by atoms with Crippen LogP contribution in [0.2, 0.25) is 18.1 Å². The highest BCUT2D eigenvalue weighted by Gasteiger charge is 2.44. The summed E-state index contributed by atoms with van der Waals surface area (Å²) < 4.78 is 22.5. The Morgan fingerprint density at radius 1 is 1.27 bits per heavy atom. The van der Waals surface area contributed by atoms with Gasteiger partial charge in [0.1, 0.15) is 18.3 Å². The number of methoxy groups -OCH3 is 1. The molecule has 6 nitrogen and oxygen atoms in total. The molecule has 1 aliphatic rings. The van der Waals surface area contributed by atoms with Crippen LogP contribution in [0.1, 0.15) is 32.8 Å². The fourth-order valence-corrected chi connectivity index (χ4v) is 4.13. The van der Waals surface area contributed by atoms with Gasteiger partial charge in [-0.15, -0.1) is 6.58 Å². The van der Waals surface area contributed by atoms with Crippen LogP contribution in [0, 0.1) is 0 Å². The monoisotopic (exact) mass is 432 g/mol. The number of cyclic esters (lactones) is 1. The smallest absolute Gasteiger partial charge is 0.374 e. The lowest BCUT2D eigenvalue weighted by molar-refractivity contribution is -0.144. The molecule has 0 radical (unpaired) electrons. The zero-order valence-corrected chi connectivity index (χ0v) is 19.7. The van der Waals surface area contributed by atoms with Crippen LogP contribution in [0.4, 0.5) is 0 Å². The van der Waals surface area contributed by atoms with E-state index in [9.17, 15) is 9.59 Å². The van der Waals surface area contributed by atoms with E-state index in [1.807, 2.05) is 30.3 Å². The molecule has 0 bridgehead atoms. The molecule has 0 spiro atoms. The van der Waals surface area contributed by atoms with Crippen molar-refractivity contribution in [1.29, 1.82) is 0 Å². The predicted octanol–water partition coefficient (Wildman–Crippen LogP) is 4.52. The number of hydrogen-bond acceptors (Lipinski definition) is 6. The molecule has 1 aromatic rings. The van der Waals surface area contributed by atoms with Crippen molar-refractivity contribution in [3.05, 3.63) is 59.9 Å². The second-order valence-electron chi connectivity index (χ2n) is 8.79. The number of rotatable bonds is 9. The number of carbonyl (C=O) groups excluding carboxylic acids is 2. The molecule has 2 atom stereocenters. The summed E-state index contributed by atoms with van der Waals surface area (Å²) in [6.45, 7) is 14.7. The standard InChI is InChI=1S/C23H32O6Si/c1-8-17(29-30(6,7)23(2,3)4)14-18-19(21(24)26-5)20(22(25)28-18)27-15-16-12-10-9-11-13-16/h8-13,17-18H,1,14-15H2,2-7H3/t17-,18+/m0/s1. The van der Waals surface area contributed by atoms with Gasteiger partial charge < -0.3 is 18.6 Å². The van der Waals surface area contributed by atoms with E-state index < -0.39 is 26.4 Å². The van der Waals surface area contributed by atoms with Crippen LogP contribution >= 0.6 is 0 Å². The van der Waals surface area contributed by atoms with Gasteiger partial charge >= 0.3 is 11.9 Å². The summed E-state index contributed by atoms with van der Waals surface area (Å²) >= 11 is 0. The summed E-state index contributed by atoms with van der Waals surface area (Å²) in [5, 5.41) is 0.00554. The van der Waals surface area contributed by atoms with Crippen molar-refractivity contribution in [2.24, 2.45) is 0 Å². The van der Waals surface area contributed by atoms with Gasteiger partial charge in [-0.3, -0.25) is 0 Å². The molecule has 0 saturated heterocycles. The lowest BCUT2D eigenvalue weighted by Gasteiger charge is -2.39. The van der Waals surface area contributed by atoms with Gasteiger partial charge in [0.25, 0.3) is 0 Å². The van der Waals surface area contributed by atoms with E-state index in [2.05, 4.69) is 40.4 Å². The Bertz CT molecular complexity index is 807. The summed E-state index contributed by atoms with van der Waals surface area (Å²) in [6.07, 6.45) is 0.761. The molecule has 0 saturated carbocycles. The number of ether oxygens (including phenoxy) is 3. The van der Waals surface area contributed by atoms with Crippen molar-refractivity contribution in [3.8, 4) is 0 Å². The molecule has 164 valence electrons. The Morgan fingerprint density at radius 3 is 2.43 bits per heavy atom. The van der Waals surface area contributed by atoms with E-state index in [0.717, 1.165) is 5.56 Å². The Labute approximate surface area is 180 Å². The van der Waals surface area contributed by atoms with E-state index >= 15 is 0 Å². The van der Waals surface area contributed by atoms with E-state index in [4.69, 9.17) is 18.6 Å². The van der Waals surface area contributed by atoms with Gasteiger partial charge in [0.15, 0.2) is 8.32 Å². The third-order valence-corrected chi connectivity index (χ3v) is 10.1. The van der Waals surface area contributed by atoms with Crippen molar-refractivity contribution >= 4 is 20.3 Å². The molecule has 1 heterocycles. The summed E-state index contributed by atoms with van der Waals surface area (Å²) in [4.78, 5) is 24.9. The molecule has 1 aromatic carbocycles. The summed E-state index contributed by atoms with van der Waals surface area (Å²) in [6, 6.07) is 9.38. The number of esters is 2. The van der Waals surface area contributed by atoms with Crippen molar-refractivity contribution in [3.63, 3.8) is 0 Å². The van der Waals surface area contributed by atoms with Gasteiger partial charge in [-0.1, -0.05) is 57.2 Å². The third kappa shape index (κ3) is 5.61. The summed E-state index contributed by atoms with van der Waals surface area (Å²) in [5.41, 5.74) is 0.958. The maximum Gasteiger partial charge on any atom is 0.374 e. The second kappa shape index (κ2) is 9.62. The van der Waals surface area contributed by atoms with Crippen LogP contribution < -0.4 is 0 Å². The lowest BCUT2D eigenvalue weighted by Crippen LogP contribution is -2.44. The molecule has 7 heteroatoms. The Kier molecular flexibility index (Phi) is 7.66. The number of carbonyl (C=O) groups is 2. The number of benzene rings is 1. The highest BCUT2D eigenvalue weighted by atomic mass is 28.4. The maximum atomic E-state index is 12.5. The minimum Gasteiger partial charge on any atom is -0.481 e. The van der Waals surface area contributed by atoms with Gasteiger partial charge in [-0.25, -0.2) is 9.59 Å². The van der Waals surface area contributed by atoms with Crippen molar-refractivity contribution in [2.75, 3.05) is 7.11 Å². The molecule has 0 amide bonds. The molecular formula is C23H32O6Si. The normalized spacial score (nSPS) is 18.1. The first-order valence-electron chi connectivity index (χ1n) is 10.0. The average molecular weight is 433 g/mol. The first-order valence-corrected chi connectivity index (χ1v) is 12.9. The van der Waals surface area contributed by atoms with Gasteiger partial charge in [0.05, 0.1) is 13.2 Å². The molecule has 0 unspecified atom stereocenters. The Morgan fingerprint density at radius 2 is 1.90 bits per heavy atom. The highest BCUT2D eigenvalue weighted by molar-refractivity contribution is 6.74. The average Bonchev–Trinajstić information content (AvgIpc) is 2.99. The topological polar surface area (TPSA) is 71.1 Å². The van der Waals surface area contributed by atoms with Crippen molar-refractivity contribution in [1.82, 2.24) is 0 Å². The molecule has 0 aromatic heterocycles. The molecule has 2 rings (SSSR count). The second-order valence-corrected chi connectivity index (χ2v) is 13.5. The van der Waals surface area contributed by atoms with Crippen molar-refractivity contribution < 1.29 is 28.2 Å². The molecule has 0 aliphatic carbocycles. The molecule has 1 aliphatic heterocycles. The molecular weight excluding hydrogens is 400 g/mol. The van der Waals surface area contributed by atoms with Crippen LogP contribution in [0.5, 0.6) is 0 Å². The zero-order valence-electron chi connectivity index (χ0n) is 18.7. The van der Waals surface area contributed by atoms with Gasteiger partial charge in [-0.05, 0) is 23.7 Å². The maximum absolute atomic E-state index is 12.5. The zero-order chi connectivity index (χ0) is 22.5. The van der Waals surface area contributed by atoms with Crippen LogP contribution in [-0.4, -0.2) is 39.6 Å². The minimum absolute atomic E-state index is 0.00554. The van der Waals surface area contributed by atoms with Gasteiger partial charge in [0.2, 0.25) is 5.76 Å². The van der Waals surface area contributed by atoms with Crippen LogP contribution in [0.3, 0.4) is 0 Å². The SMILES string of the molecule is C=C[C@@H](C[C@H]1OC(=O)C(OCc2ccccc2)=C1C(=O)OC)O[Si](C)(C)C(C)(C)C. The largest absolute Gasteiger partial charge is 0.481 e. The first-order chi connectivity index (χ1) is 14.0. The highest BCUT2D eigenvalue weighted by Crippen LogP contribution is 2.38. The quantitative estimate of drug-likeness (QED) is 0.325. The van der Waals surface area contributed by atoms with E-state index in [1.165, 1.54) is 7.11 Å². The van der Waals surface area contributed by atoms with Gasteiger partial charge in [-0.2, -0.15) is 0 Å². The van der Waals surface area contributed by atoms with Crippen molar-refractivity contribution in [2.45, 2.75) is 64.1 Å². The van der Waals surface area contributed by atoms with Gasteiger partial charge in [0, 0.05) is 6.42 Å². The van der Waals surface area contributed by atoms with E-state index in [-0.39, 0.29) is 35.5 Å². The fraction of sp³-hybridized carbons (Fsp3) is 0.478. The fourth-order valence-electron chi connectivity index (χ4n) is 2.82. The van der Waals surface area contributed by atoms with Crippen LogP contribution in [0.25, 0.3) is 0 Å². The summed E-state index contributed by atoms with van der Waals surface area (Å²) in [5.74, 6) is -1.43. The minimum atomic E-state index is -2.09. The van der Waals surface area contributed by atoms with Crippen LogP contribution in [-0.2, 0) is 34.8 Å². The predicted molar refractivity (Wildman–Crippen MR) is 117 cm³/mol. The molecule has 0 fully saturated rings. The number of hydrogen-bond donors (Lipinski definition) is 0. The van der Waals surface area contributed by atoms with Crippen LogP contribution in [0.15, 0.2) is 54.3 Å². The molecule has 30 heavy (non-hydrogen) atoms. The Balaban J connectivity index is 2.23. The molecule has 0 N–H and O–H groups in total. The first kappa shape index (κ1) is 23.9. The third-order valence-electron chi connectivity index (χ3n) is 5.59. The van der Waals surface area contributed by atoms with E-state index in [0.29, 0.717) is 0 Å². The van der Waals surface area contributed by atoms with E-state index in [1.54, 1.807) is 6.08 Å². The summed E-state index contributed by atoms with van der Waals surface area (Å²) in [7, 11) is -0.822.